The molecule has 8 heteroatoms. The molecule has 2 amide bonds. The Kier molecular flexibility index (Phi) is 5.73. The van der Waals surface area contributed by atoms with Gasteiger partial charge in [-0.05, 0) is 55.5 Å². The molecule has 3 aromatic heterocycles. The molecule has 1 aromatic carbocycles. The number of urea groups is 1. The molecule has 4 heterocycles. The number of nitrogens with one attached hydrogen (secondary N) is 3. The Balaban J connectivity index is 1.33. The van der Waals surface area contributed by atoms with Gasteiger partial charge in [-0.1, -0.05) is 24.2 Å². The quantitative estimate of drug-likeness (QED) is 0.380. The number of anilines is 3. The molecular weight excluding hydrogens is 416 g/mol. The fourth-order valence-electron chi connectivity index (χ4n) is 4.69. The average Bonchev–Trinajstić information content (AvgIpc) is 3.47. The van der Waals surface area contributed by atoms with Crippen LogP contribution in [0.15, 0.2) is 53.3 Å². The minimum Gasteiger partial charge on any atom is -0.370 e. The monoisotopic (exact) mass is 444 g/mol. The highest BCUT2D eigenvalue weighted by atomic mass is 16.5. The van der Waals surface area contributed by atoms with Gasteiger partial charge in [0.1, 0.15) is 5.65 Å². The number of amides is 2. The number of rotatable bonds is 5. The molecular formula is C25H28N6O2. The summed E-state index contributed by atoms with van der Waals surface area (Å²) in [6.07, 6.45) is 7.14. The van der Waals surface area contributed by atoms with Crippen LogP contribution in [0.3, 0.4) is 0 Å². The van der Waals surface area contributed by atoms with Crippen LogP contribution < -0.4 is 15.5 Å². The van der Waals surface area contributed by atoms with Gasteiger partial charge < -0.3 is 19.7 Å². The molecule has 1 aliphatic heterocycles. The first-order valence-electron chi connectivity index (χ1n) is 11.4. The maximum Gasteiger partial charge on any atom is 0.326 e. The maximum absolute atomic E-state index is 12.4. The van der Waals surface area contributed by atoms with Gasteiger partial charge in [0.2, 0.25) is 5.88 Å². The summed E-state index contributed by atoms with van der Waals surface area (Å²) in [5, 5.41) is 10.5. The van der Waals surface area contributed by atoms with Gasteiger partial charge in [0.25, 0.3) is 0 Å². The predicted octanol–water partition coefficient (Wildman–Crippen LogP) is 5.45. The molecule has 0 saturated carbocycles. The van der Waals surface area contributed by atoms with E-state index in [1.165, 1.54) is 22.2 Å². The van der Waals surface area contributed by atoms with E-state index in [-0.39, 0.29) is 6.03 Å². The van der Waals surface area contributed by atoms with Crippen molar-refractivity contribution >= 4 is 34.3 Å². The number of aryl methyl sites for hydroxylation is 2. The van der Waals surface area contributed by atoms with Crippen LogP contribution in [0, 0.1) is 6.92 Å². The highest BCUT2D eigenvalue weighted by Crippen LogP contribution is 2.36. The van der Waals surface area contributed by atoms with Gasteiger partial charge in [-0.3, -0.25) is 5.32 Å². The van der Waals surface area contributed by atoms with Crippen LogP contribution in [-0.2, 0) is 6.42 Å². The third-order valence-electron chi connectivity index (χ3n) is 6.23. The summed E-state index contributed by atoms with van der Waals surface area (Å²) in [6, 6.07) is 11.6. The SMILES string of the molecule is CCc1cnc2[nH]ccc2c1N1CCCC(c2cccc(NC(=O)Nc3cc(C)no3)c2)C1. The van der Waals surface area contributed by atoms with E-state index in [0.29, 0.717) is 17.5 Å². The van der Waals surface area contributed by atoms with E-state index < -0.39 is 0 Å². The highest BCUT2D eigenvalue weighted by molar-refractivity contribution is 5.99. The third-order valence-corrected chi connectivity index (χ3v) is 6.23. The van der Waals surface area contributed by atoms with Crippen LogP contribution in [-0.4, -0.2) is 34.2 Å². The smallest absolute Gasteiger partial charge is 0.326 e. The number of pyridine rings is 1. The topological polar surface area (TPSA) is 99.1 Å². The Morgan fingerprint density at radius 1 is 1.27 bits per heavy atom. The van der Waals surface area contributed by atoms with Crippen LogP contribution in [0.5, 0.6) is 0 Å². The lowest BCUT2D eigenvalue weighted by Crippen LogP contribution is -2.35. The molecule has 1 unspecified atom stereocenters. The molecule has 0 bridgehead atoms. The lowest BCUT2D eigenvalue weighted by Gasteiger charge is -2.36. The third kappa shape index (κ3) is 4.41. The zero-order chi connectivity index (χ0) is 22.8. The van der Waals surface area contributed by atoms with Crippen LogP contribution >= 0.6 is 0 Å². The van der Waals surface area contributed by atoms with Crippen molar-refractivity contribution in [3.8, 4) is 0 Å². The summed E-state index contributed by atoms with van der Waals surface area (Å²) in [5.74, 6) is 0.705. The van der Waals surface area contributed by atoms with E-state index in [1.807, 2.05) is 24.5 Å². The lowest BCUT2D eigenvalue weighted by atomic mass is 9.89. The van der Waals surface area contributed by atoms with E-state index >= 15 is 0 Å². The largest absolute Gasteiger partial charge is 0.370 e. The van der Waals surface area contributed by atoms with Gasteiger partial charge in [-0.25, -0.2) is 9.78 Å². The van der Waals surface area contributed by atoms with Gasteiger partial charge in [0.05, 0.1) is 11.4 Å². The molecule has 1 saturated heterocycles. The van der Waals surface area contributed by atoms with Crippen molar-refractivity contribution in [3.05, 3.63) is 65.6 Å². The average molecular weight is 445 g/mol. The summed E-state index contributed by atoms with van der Waals surface area (Å²) in [5.41, 5.74) is 6.20. The summed E-state index contributed by atoms with van der Waals surface area (Å²) in [6.45, 7) is 5.95. The van der Waals surface area contributed by atoms with Crippen molar-refractivity contribution in [3.63, 3.8) is 0 Å². The highest BCUT2D eigenvalue weighted by Gasteiger charge is 2.25. The number of hydrogen-bond acceptors (Lipinski definition) is 5. The number of fused-ring (bicyclic) bond motifs is 1. The number of nitrogens with zero attached hydrogens (tertiary/aromatic N) is 3. The Bertz CT molecular complexity index is 1280. The Labute approximate surface area is 192 Å². The molecule has 5 rings (SSSR count). The predicted molar refractivity (Wildman–Crippen MR) is 130 cm³/mol. The summed E-state index contributed by atoms with van der Waals surface area (Å²) in [4.78, 5) is 22.7. The van der Waals surface area contributed by atoms with Crippen LogP contribution in [0.4, 0.5) is 22.1 Å². The molecule has 0 aliphatic carbocycles. The molecule has 4 aromatic rings. The minimum absolute atomic E-state index is 0.323. The van der Waals surface area contributed by atoms with E-state index in [9.17, 15) is 4.79 Å². The summed E-state index contributed by atoms with van der Waals surface area (Å²) >= 11 is 0. The number of carbonyl (C=O) groups excluding carboxylic acids is 1. The number of aromatic nitrogens is 3. The molecule has 8 nitrogen and oxygen atoms in total. The molecule has 1 aliphatic rings. The zero-order valence-corrected chi connectivity index (χ0v) is 18.9. The van der Waals surface area contributed by atoms with Gasteiger partial charge in [-0.2, -0.15) is 0 Å². The van der Waals surface area contributed by atoms with Gasteiger partial charge in [-0.15, -0.1) is 0 Å². The van der Waals surface area contributed by atoms with Gasteiger partial charge in [0, 0.05) is 48.5 Å². The van der Waals surface area contributed by atoms with E-state index in [4.69, 9.17) is 4.52 Å². The van der Waals surface area contributed by atoms with Crippen molar-refractivity contribution in [2.24, 2.45) is 0 Å². The van der Waals surface area contributed by atoms with Crippen molar-refractivity contribution < 1.29 is 9.32 Å². The molecule has 1 atom stereocenters. The van der Waals surface area contributed by atoms with Crippen molar-refractivity contribution in [1.82, 2.24) is 15.1 Å². The minimum atomic E-state index is -0.354. The Morgan fingerprint density at radius 2 is 2.18 bits per heavy atom. The first-order chi connectivity index (χ1) is 16.1. The number of carbonyl (C=O) groups is 1. The Hall–Kier alpha value is -3.81. The molecule has 1 fully saturated rings. The molecule has 0 radical (unpaired) electrons. The first kappa shape index (κ1) is 21.1. The fraction of sp³-hybridized carbons (Fsp3) is 0.320. The maximum atomic E-state index is 12.4. The van der Waals surface area contributed by atoms with Crippen molar-refractivity contribution in [2.75, 3.05) is 28.6 Å². The fourth-order valence-corrected chi connectivity index (χ4v) is 4.69. The summed E-state index contributed by atoms with van der Waals surface area (Å²) in [7, 11) is 0. The Morgan fingerprint density at radius 3 is 3.00 bits per heavy atom. The second-order valence-electron chi connectivity index (χ2n) is 8.55. The standard InChI is InChI=1S/C25H28N6O2/c1-3-17-14-27-24-21(9-10-26-24)23(17)31-11-5-7-19(15-31)18-6-4-8-20(13-18)28-25(32)29-22-12-16(2)30-33-22/h4,6,8-10,12-14,19H,3,5,7,11,15H2,1-2H3,(H,26,27)(H2,28,29,32). The lowest BCUT2D eigenvalue weighted by molar-refractivity contribution is 0.261. The molecule has 33 heavy (non-hydrogen) atoms. The number of benzene rings is 1. The number of aromatic amines is 1. The molecule has 170 valence electrons. The molecule has 0 spiro atoms. The second-order valence-corrected chi connectivity index (χ2v) is 8.55. The van der Waals surface area contributed by atoms with Crippen molar-refractivity contribution in [2.45, 2.75) is 39.0 Å². The van der Waals surface area contributed by atoms with E-state index in [2.05, 4.69) is 55.8 Å². The normalized spacial score (nSPS) is 16.2. The van der Waals surface area contributed by atoms with Crippen LogP contribution in [0.2, 0.25) is 0 Å². The number of H-pyrrole nitrogens is 1. The zero-order valence-electron chi connectivity index (χ0n) is 18.9. The second kappa shape index (κ2) is 8.97. The van der Waals surface area contributed by atoms with Crippen molar-refractivity contribution in [1.29, 1.82) is 0 Å². The van der Waals surface area contributed by atoms with Gasteiger partial charge >= 0.3 is 6.03 Å². The van der Waals surface area contributed by atoms with E-state index in [0.717, 1.165) is 43.7 Å². The summed E-state index contributed by atoms with van der Waals surface area (Å²) < 4.78 is 5.05. The van der Waals surface area contributed by atoms with Crippen LogP contribution in [0.25, 0.3) is 11.0 Å². The first-order valence-corrected chi connectivity index (χ1v) is 11.4. The van der Waals surface area contributed by atoms with E-state index in [1.54, 1.807) is 13.0 Å². The molecule has 3 N–H and O–H groups in total. The van der Waals surface area contributed by atoms with Crippen LogP contribution in [0.1, 0.15) is 42.5 Å². The number of hydrogen-bond donors (Lipinski definition) is 3. The van der Waals surface area contributed by atoms with Gasteiger partial charge in [0.15, 0.2) is 0 Å². The number of piperidine rings is 1.